The van der Waals surface area contributed by atoms with E-state index in [-0.39, 0.29) is 17.2 Å². The molecule has 1 aliphatic rings. The zero-order valence-corrected chi connectivity index (χ0v) is 18.5. The van der Waals surface area contributed by atoms with Gasteiger partial charge < -0.3 is 4.90 Å². The molecule has 0 saturated carbocycles. The van der Waals surface area contributed by atoms with E-state index in [0.717, 1.165) is 42.7 Å². The Morgan fingerprint density at radius 1 is 1.10 bits per heavy atom. The second-order valence-electron chi connectivity index (χ2n) is 8.25. The number of thioether (sulfide) groups is 1. The number of aryl methyl sites for hydroxylation is 2. The minimum Gasteiger partial charge on any atom is -0.342 e. The van der Waals surface area contributed by atoms with Crippen molar-refractivity contribution in [2.45, 2.75) is 38.8 Å². The number of carbonyl (C=O) groups is 1. The van der Waals surface area contributed by atoms with Crippen molar-refractivity contribution in [3.63, 3.8) is 0 Å². The summed E-state index contributed by atoms with van der Waals surface area (Å²) in [4.78, 5) is 32.8. The van der Waals surface area contributed by atoms with Crippen molar-refractivity contribution < 1.29 is 4.79 Å². The van der Waals surface area contributed by atoms with Crippen molar-refractivity contribution in [2.24, 2.45) is 5.92 Å². The minimum absolute atomic E-state index is 0.104. The lowest BCUT2D eigenvalue weighted by Crippen LogP contribution is -2.39. The van der Waals surface area contributed by atoms with Crippen LogP contribution in [-0.2, 0) is 4.79 Å². The van der Waals surface area contributed by atoms with E-state index in [4.69, 9.17) is 4.98 Å². The Hall–Kier alpha value is -2.60. The minimum atomic E-state index is -0.104. The molecule has 1 amide bonds. The molecule has 0 radical (unpaired) electrons. The quantitative estimate of drug-likeness (QED) is 0.464. The normalized spacial score (nSPS) is 15.0. The average molecular weight is 422 g/mol. The Kier molecular flexibility index (Phi) is 5.95. The fourth-order valence-electron chi connectivity index (χ4n) is 3.99. The summed E-state index contributed by atoms with van der Waals surface area (Å²) in [5.74, 6) is 1.07. The first-order valence-corrected chi connectivity index (χ1v) is 11.4. The molecule has 3 aromatic rings. The number of piperidine rings is 1. The maximum absolute atomic E-state index is 13.4. The molecule has 0 spiro atoms. The molecule has 1 fully saturated rings. The second-order valence-corrected chi connectivity index (χ2v) is 9.19. The van der Waals surface area contributed by atoms with Gasteiger partial charge in [-0.05, 0) is 68.0 Å². The van der Waals surface area contributed by atoms with Crippen molar-refractivity contribution in [1.82, 2.24) is 14.5 Å². The highest BCUT2D eigenvalue weighted by molar-refractivity contribution is 7.99. The maximum atomic E-state index is 13.4. The van der Waals surface area contributed by atoms with E-state index in [2.05, 4.69) is 13.0 Å². The highest BCUT2D eigenvalue weighted by atomic mass is 32.2. The van der Waals surface area contributed by atoms with Crippen LogP contribution in [-0.4, -0.2) is 39.2 Å². The molecule has 5 nitrogen and oxygen atoms in total. The van der Waals surface area contributed by atoms with Crippen molar-refractivity contribution in [1.29, 1.82) is 0 Å². The number of fused-ring (bicyclic) bond motifs is 1. The highest BCUT2D eigenvalue weighted by Gasteiger charge is 2.21. The van der Waals surface area contributed by atoms with Gasteiger partial charge in [-0.1, -0.05) is 36.9 Å². The summed E-state index contributed by atoms with van der Waals surface area (Å²) in [6, 6.07) is 13.4. The van der Waals surface area contributed by atoms with E-state index in [1.165, 1.54) is 11.8 Å². The van der Waals surface area contributed by atoms with Crippen molar-refractivity contribution in [2.75, 3.05) is 18.8 Å². The smallest absolute Gasteiger partial charge is 0.266 e. The predicted molar refractivity (Wildman–Crippen MR) is 123 cm³/mol. The van der Waals surface area contributed by atoms with Crippen LogP contribution in [0, 0.1) is 19.8 Å². The van der Waals surface area contributed by atoms with Gasteiger partial charge in [0.25, 0.3) is 5.56 Å². The molecule has 30 heavy (non-hydrogen) atoms. The van der Waals surface area contributed by atoms with Gasteiger partial charge in [-0.2, -0.15) is 0 Å². The molecule has 6 heteroatoms. The lowest BCUT2D eigenvalue weighted by molar-refractivity contribution is -0.129. The number of rotatable bonds is 4. The van der Waals surface area contributed by atoms with E-state index in [1.54, 1.807) is 10.6 Å². The molecule has 1 saturated heterocycles. The SMILES string of the molecule is Cc1cc(C)cc(-n2c(SCC(=O)N3CCC(C)CC3)nc3ccccc3c2=O)c1. The Bertz CT molecular complexity index is 1130. The number of carbonyl (C=O) groups excluding carboxylic acids is 1. The van der Waals surface area contributed by atoms with Gasteiger partial charge in [0.2, 0.25) is 5.91 Å². The summed E-state index contributed by atoms with van der Waals surface area (Å²) >= 11 is 1.35. The third-order valence-electron chi connectivity index (χ3n) is 5.67. The van der Waals surface area contributed by atoms with Gasteiger partial charge in [0.05, 0.1) is 22.3 Å². The predicted octanol–water partition coefficient (Wildman–Crippen LogP) is 4.35. The van der Waals surface area contributed by atoms with E-state index < -0.39 is 0 Å². The largest absolute Gasteiger partial charge is 0.342 e. The fraction of sp³-hybridized carbons (Fsp3) is 0.375. The summed E-state index contributed by atoms with van der Waals surface area (Å²) in [6.07, 6.45) is 2.11. The maximum Gasteiger partial charge on any atom is 0.266 e. The summed E-state index contributed by atoms with van der Waals surface area (Å²) in [6.45, 7) is 7.90. The first-order chi connectivity index (χ1) is 14.4. The van der Waals surface area contributed by atoms with E-state index in [0.29, 0.717) is 22.0 Å². The molecule has 0 atom stereocenters. The van der Waals surface area contributed by atoms with E-state index in [1.807, 2.05) is 49.1 Å². The zero-order valence-electron chi connectivity index (χ0n) is 17.7. The lowest BCUT2D eigenvalue weighted by atomic mass is 9.99. The van der Waals surface area contributed by atoms with Crippen LogP contribution in [0.25, 0.3) is 16.6 Å². The zero-order chi connectivity index (χ0) is 21.3. The van der Waals surface area contributed by atoms with Gasteiger partial charge in [-0.15, -0.1) is 0 Å². The fourth-order valence-corrected chi connectivity index (χ4v) is 4.91. The molecule has 4 rings (SSSR count). The number of likely N-dealkylation sites (tertiary alicyclic amines) is 1. The van der Waals surface area contributed by atoms with Gasteiger partial charge >= 0.3 is 0 Å². The van der Waals surface area contributed by atoms with Gasteiger partial charge in [0, 0.05) is 13.1 Å². The molecular formula is C24H27N3O2S. The molecular weight excluding hydrogens is 394 g/mol. The van der Waals surface area contributed by atoms with E-state index in [9.17, 15) is 9.59 Å². The average Bonchev–Trinajstić information content (AvgIpc) is 2.72. The summed E-state index contributed by atoms with van der Waals surface area (Å²) in [5.41, 5.74) is 3.51. The molecule has 2 heterocycles. The Labute approximate surface area is 181 Å². The molecule has 156 valence electrons. The van der Waals surface area contributed by atoms with Crippen molar-refractivity contribution in [3.8, 4) is 5.69 Å². The van der Waals surface area contributed by atoms with Gasteiger partial charge in [0.1, 0.15) is 0 Å². The standard InChI is InChI=1S/C24H27N3O2S/c1-16-8-10-26(11-9-16)22(28)15-30-24-25-21-7-5-4-6-20(21)23(29)27(24)19-13-17(2)12-18(3)14-19/h4-7,12-14,16H,8-11,15H2,1-3H3. The van der Waals surface area contributed by atoms with Crippen LogP contribution < -0.4 is 5.56 Å². The van der Waals surface area contributed by atoms with Crippen LogP contribution in [0.5, 0.6) is 0 Å². The first kappa shape index (κ1) is 20.7. The summed E-state index contributed by atoms with van der Waals surface area (Å²) in [5, 5.41) is 1.14. The third kappa shape index (κ3) is 4.29. The number of nitrogens with zero attached hydrogens (tertiary/aromatic N) is 3. The van der Waals surface area contributed by atoms with Crippen molar-refractivity contribution in [3.05, 3.63) is 63.9 Å². The molecule has 1 aromatic heterocycles. The van der Waals surface area contributed by atoms with Crippen LogP contribution in [0.3, 0.4) is 0 Å². The van der Waals surface area contributed by atoms with Gasteiger partial charge in [-0.3, -0.25) is 14.2 Å². The number of aromatic nitrogens is 2. The van der Waals surface area contributed by atoms with Crippen LogP contribution in [0.1, 0.15) is 30.9 Å². The van der Waals surface area contributed by atoms with Crippen molar-refractivity contribution >= 4 is 28.6 Å². The van der Waals surface area contributed by atoms with Crippen LogP contribution in [0.4, 0.5) is 0 Å². The Morgan fingerprint density at radius 3 is 2.47 bits per heavy atom. The monoisotopic (exact) mass is 421 g/mol. The highest BCUT2D eigenvalue weighted by Crippen LogP contribution is 2.24. The molecule has 0 N–H and O–H groups in total. The first-order valence-electron chi connectivity index (χ1n) is 10.4. The lowest BCUT2D eigenvalue weighted by Gasteiger charge is -2.30. The number of hydrogen-bond donors (Lipinski definition) is 0. The molecule has 0 bridgehead atoms. The van der Waals surface area contributed by atoms with Crippen LogP contribution >= 0.6 is 11.8 Å². The summed E-state index contributed by atoms with van der Waals surface area (Å²) in [7, 11) is 0. The Balaban J connectivity index is 1.71. The number of para-hydroxylation sites is 1. The van der Waals surface area contributed by atoms with Gasteiger partial charge in [0.15, 0.2) is 5.16 Å². The number of benzene rings is 2. The molecule has 0 aliphatic carbocycles. The molecule has 1 aliphatic heterocycles. The van der Waals surface area contributed by atoms with Crippen LogP contribution in [0.15, 0.2) is 52.4 Å². The molecule has 2 aromatic carbocycles. The third-order valence-corrected chi connectivity index (χ3v) is 6.59. The Morgan fingerprint density at radius 2 is 1.77 bits per heavy atom. The summed E-state index contributed by atoms with van der Waals surface area (Å²) < 4.78 is 1.65. The molecule has 0 unspecified atom stereocenters. The van der Waals surface area contributed by atoms with Gasteiger partial charge in [-0.25, -0.2) is 4.98 Å². The second kappa shape index (κ2) is 8.64. The number of hydrogen-bond acceptors (Lipinski definition) is 4. The van der Waals surface area contributed by atoms with Crippen LogP contribution in [0.2, 0.25) is 0 Å². The topological polar surface area (TPSA) is 55.2 Å². The van der Waals surface area contributed by atoms with E-state index >= 15 is 0 Å². The number of amides is 1.